The molecule has 1 aliphatic rings. The summed E-state index contributed by atoms with van der Waals surface area (Å²) in [6.45, 7) is 2.16. The van der Waals surface area contributed by atoms with Gasteiger partial charge in [0.1, 0.15) is 11.5 Å². The van der Waals surface area contributed by atoms with Gasteiger partial charge in [-0.05, 0) is 24.6 Å². The van der Waals surface area contributed by atoms with Crippen molar-refractivity contribution in [2.75, 3.05) is 20.2 Å². The number of benzene rings is 1. The van der Waals surface area contributed by atoms with Crippen molar-refractivity contribution in [1.82, 2.24) is 10.1 Å². The Balaban J connectivity index is 1.86. The van der Waals surface area contributed by atoms with Crippen molar-refractivity contribution in [2.24, 2.45) is 5.92 Å². The maximum atomic E-state index is 12.5. The molecule has 2 heterocycles. The first kappa shape index (κ1) is 16.0. The summed E-state index contributed by atoms with van der Waals surface area (Å²) < 4.78 is 10.1. The number of aromatic nitrogens is 1. The summed E-state index contributed by atoms with van der Waals surface area (Å²) in [6.07, 6.45) is 0. The van der Waals surface area contributed by atoms with Gasteiger partial charge in [-0.2, -0.15) is 0 Å². The number of aryl methyl sites for hydroxylation is 1. The number of likely N-dealkylation sites (tertiary alicyclic amines) is 1. The highest BCUT2D eigenvalue weighted by Crippen LogP contribution is 2.35. The van der Waals surface area contributed by atoms with Crippen LogP contribution in [0.15, 0.2) is 34.9 Å². The summed E-state index contributed by atoms with van der Waals surface area (Å²) in [4.78, 5) is 25.7. The number of hydrogen-bond acceptors (Lipinski definition) is 5. The third kappa shape index (κ3) is 2.97. The molecule has 1 N–H and O–H groups in total. The van der Waals surface area contributed by atoms with Gasteiger partial charge in [0, 0.05) is 25.1 Å². The van der Waals surface area contributed by atoms with Crippen LogP contribution in [0.1, 0.15) is 27.7 Å². The first-order valence-electron chi connectivity index (χ1n) is 7.59. The lowest BCUT2D eigenvalue weighted by Crippen LogP contribution is -2.30. The van der Waals surface area contributed by atoms with E-state index in [2.05, 4.69) is 5.16 Å². The number of carboxylic acid groups (broad SMARTS) is 1. The number of amides is 1. The number of rotatable bonds is 4. The standard InChI is InChI=1S/C17H18N2O5/c1-10-6-15(18-24-10)16(20)19-8-13(14(9-19)17(21)22)11-4-3-5-12(7-11)23-2/h3-7,13-14H,8-9H2,1-2H3,(H,21,22)/t13-,14+/m0/s1. The number of carbonyl (C=O) groups is 2. The fraction of sp³-hybridized carbons (Fsp3) is 0.353. The highest BCUT2D eigenvalue weighted by Gasteiger charge is 2.41. The number of carbonyl (C=O) groups excluding carboxylic acids is 1. The van der Waals surface area contributed by atoms with Crippen molar-refractivity contribution in [1.29, 1.82) is 0 Å². The van der Waals surface area contributed by atoms with Crippen LogP contribution < -0.4 is 4.74 Å². The van der Waals surface area contributed by atoms with Gasteiger partial charge >= 0.3 is 5.97 Å². The maximum Gasteiger partial charge on any atom is 0.308 e. The average molecular weight is 330 g/mol. The molecule has 1 aromatic heterocycles. The van der Waals surface area contributed by atoms with Gasteiger partial charge in [0.15, 0.2) is 5.69 Å². The van der Waals surface area contributed by atoms with Crippen LogP contribution in [0.3, 0.4) is 0 Å². The zero-order valence-electron chi connectivity index (χ0n) is 13.4. The molecule has 126 valence electrons. The number of aliphatic carboxylic acids is 1. The minimum Gasteiger partial charge on any atom is -0.497 e. The number of ether oxygens (including phenoxy) is 1. The Kier molecular flexibility index (Phi) is 4.24. The monoisotopic (exact) mass is 330 g/mol. The molecule has 0 unspecified atom stereocenters. The van der Waals surface area contributed by atoms with Gasteiger partial charge < -0.3 is 19.3 Å². The molecule has 24 heavy (non-hydrogen) atoms. The van der Waals surface area contributed by atoms with Crippen molar-refractivity contribution < 1.29 is 24.0 Å². The Bertz CT molecular complexity index is 770. The van der Waals surface area contributed by atoms with Crippen LogP contribution in [0.25, 0.3) is 0 Å². The fourth-order valence-electron chi connectivity index (χ4n) is 3.06. The van der Waals surface area contributed by atoms with E-state index in [-0.39, 0.29) is 24.1 Å². The largest absolute Gasteiger partial charge is 0.497 e. The third-order valence-electron chi connectivity index (χ3n) is 4.29. The van der Waals surface area contributed by atoms with Crippen molar-refractivity contribution in [3.05, 3.63) is 47.3 Å². The second kappa shape index (κ2) is 6.35. The minimum atomic E-state index is -0.922. The van der Waals surface area contributed by atoms with E-state index in [4.69, 9.17) is 9.26 Å². The van der Waals surface area contributed by atoms with E-state index in [9.17, 15) is 14.7 Å². The van der Waals surface area contributed by atoms with Crippen LogP contribution in [-0.2, 0) is 4.79 Å². The molecule has 3 rings (SSSR count). The highest BCUT2D eigenvalue weighted by atomic mass is 16.5. The van der Waals surface area contributed by atoms with E-state index in [1.165, 1.54) is 4.90 Å². The topological polar surface area (TPSA) is 92.9 Å². The predicted molar refractivity (Wildman–Crippen MR) is 84.0 cm³/mol. The van der Waals surface area contributed by atoms with Crippen molar-refractivity contribution in [3.63, 3.8) is 0 Å². The first-order valence-corrected chi connectivity index (χ1v) is 7.59. The smallest absolute Gasteiger partial charge is 0.308 e. The Morgan fingerprint density at radius 3 is 2.75 bits per heavy atom. The zero-order chi connectivity index (χ0) is 17.3. The van der Waals surface area contributed by atoms with Crippen LogP contribution in [0, 0.1) is 12.8 Å². The second-order valence-electron chi connectivity index (χ2n) is 5.86. The lowest BCUT2D eigenvalue weighted by atomic mass is 9.89. The number of methoxy groups -OCH3 is 1. The second-order valence-corrected chi connectivity index (χ2v) is 5.86. The molecular formula is C17H18N2O5. The highest BCUT2D eigenvalue weighted by molar-refractivity contribution is 5.93. The molecule has 0 saturated carbocycles. The van der Waals surface area contributed by atoms with Gasteiger partial charge in [-0.15, -0.1) is 0 Å². The SMILES string of the molecule is COc1cccc([C@@H]2CN(C(=O)c3cc(C)on3)C[C@H]2C(=O)O)c1. The van der Waals surface area contributed by atoms with Gasteiger partial charge in [-0.3, -0.25) is 9.59 Å². The average Bonchev–Trinajstić information content (AvgIpc) is 3.21. The van der Waals surface area contributed by atoms with Crippen LogP contribution >= 0.6 is 0 Å². The number of hydrogen-bond donors (Lipinski definition) is 1. The Labute approximate surface area is 138 Å². The van der Waals surface area contributed by atoms with Crippen molar-refractivity contribution in [3.8, 4) is 5.75 Å². The van der Waals surface area contributed by atoms with Crippen LogP contribution in [-0.4, -0.2) is 47.2 Å². The van der Waals surface area contributed by atoms with Crippen molar-refractivity contribution >= 4 is 11.9 Å². The zero-order valence-corrected chi connectivity index (χ0v) is 13.4. The van der Waals surface area contributed by atoms with Gasteiger partial charge in [0.25, 0.3) is 5.91 Å². The van der Waals surface area contributed by atoms with Crippen molar-refractivity contribution in [2.45, 2.75) is 12.8 Å². The molecule has 1 saturated heterocycles. The molecule has 0 radical (unpaired) electrons. The quantitative estimate of drug-likeness (QED) is 0.921. The van der Waals surface area contributed by atoms with E-state index >= 15 is 0 Å². The summed E-state index contributed by atoms with van der Waals surface area (Å²) in [5, 5.41) is 13.3. The minimum absolute atomic E-state index is 0.141. The van der Waals surface area contributed by atoms with E-state index < -0.39 is 11.9 Å². The van der Waals surface area contributed by atoms with Gasteiger partial charge in [-0.1, -0.05) is 17.3 Å². The number of carboxylic acids is 1. The lowest BCUT2D eigenvalue weighted by molar-refractivity contribution is -0.141. The Hall–Kier alpha value is -2.83. The lowest BCUT2D eigenvalue weighted by Gasteiger charge is -2.16. The summed E-state index contributed by atoms with van der Waals surface area (Å²) in [5.41, 5.74) is 1.04. The first-order chi connectivity index (χ1) is 11.5. The molecule has 2 atom stereocenters. The molecule has 1 amide bonds. The summed E-state index contributed by atoms with van der Waals surface area (Å²) >= 11 is 0. The molecule has 0 aliphatic carbocycles. The normalized spacial score (nSPS) is 20.2. The van der Waals surface area contributed by atoms with E-state index in [0.29, 0.717) is 18.1 Å². The Morgan fingerprint density at radius 1 is 1.33 bits per heavy atom. The van der Waals surface area contributed by atoms with Gasteiger partial charge in [0.2, 0.25) is 0 Å². The molecule has 1 aromatic carbocycles. The predicted octanol–water partition coefficient (Wildman–Crippen LogP) is 1.93. The van der Waals surface area contributed by atoms with E-state index in [1.807, 2.05) is 18.2 Å². The van der Waals surface area contributed by atoms with Gasteiger partial charge in [-0.25, -0.2) is 0 Å². The molecule has 1 aliphatic heterocycles. The third-order valence-corrected chi connectivity index (χ3v) is 4.29. The Morgan fingerprint density at radius 2 is 2.12 bits per heavy atom. The summed E-state index contributed by atoms with van der Waals surface area (Å²) in [5.74, 6) is -1.01. The van der Waals surface area contributed by atoms with Gasteiger partial charge in [0.05, 0.1) is 13.0 Å². The molecule has 7 nitrogen and oxygen atoms in total. The summed E-state index contributed by atoms with van der Waals surface area (Å²) in [6, 6.07) is 8.84. The molecular weight excluding hydrogens is 312 g/mol. The molecule has 7 heteroatoms. The van der Waals surface area contributed by atoms with Crippen LogP contribution in [0.5, 0.6) is 5.75 Å². The molecule has 0 spiro atoms. The molecule has 1 fully saturated rings. The molecule has 2 aromatic rings. The molecule has 0 bridgehead atoms. The maximum absolute atomic E-state index is 12.5. The summed E-state index contributed by atoms with van der Waals surface area (Å²) in [7, 11) is 1.56. The van der Waals surface area contributed by atoms with E-state index in [0.717, 1.165) is 5.56 Å². The van der Waals surface area contributed by atoms with E-state index in [1.54, 1.807) is 26.2 Å². The van der Waals surface area contributed by atoms with Crippen LogP contribution in [0.4, 0.5) is 0 Å². The van der Waals surface area contributed by atoms with Crippen LogP contribution in [0.2, 0.25) is 0 Å². The fourth-order valence-corrected chi connectivity index (χ4v) is 3.06. The number of nitrogens with zero attached hydrogens (tertiary/aromatic N) is 2.